The summed E-state index contributed by atoms with van der Waals surface area (Å²) in [5.74, 6) is 0.834. The Balaban J connectivity index is 1.15. The van der Waals surface area contributed by atoms with Crippen LogP contribution in [0.2, 0.25) is 0 Å². The smallest absolute Gasteiger partial charge is 0.149 e. The highest BCUT2D eigenvalue weighted by Crippen LogP contribution is 2.44. The lowest BCUT2D eigenvalue weighted by Crippen LogP contribution is -2.18. The first kappa shape index (κ1) is 33.3. The predicted molar refractivity (Wildman–Crippen MR) is 228 cm³/mol. The molecule has 268 valence electrons. The topological polar surface area (TPSA) is 64.1 Å². The fourth-order valence-corrected chi connectivity index (χ4v) is 8.08. The van der Waals surface area contributed by atoms with Gasteiger partial charge in [0.2, 0.25) is 0 Å². The molecule has 5 heteroatoms. The highest BCUT2D eigenvalue weighted by Gasteiger charge is 2.24. The van der Waals surface area contributed by atoms with Crippen LogP contribution in [0.1, 0.15) is 25.0 Å². The van der Waals surface area contributed by atoms with Gasteiger partial charge in [0.05, 0.1) is 22.3 Å². The van der Waals surface area contributed by atoms with Crippen molar-refractivity contribution in [2.75, 3.05) is 0 Å². The van der Waals surface area contributed by atoms with Crippen LogP contribution < -0.4 is 0 Å². The molecule has 0 atom stereocenters. The lowest BCUT2D eigenvalue weighted by atomic mass is 9.78. The second-order valence-corrected chi connectivity index (χ2v) is 14.8. The molecule has 10 rings (SSSR count). The molecule has 0 fully saturated rings. The molecule has 0 saturated carbocycles. The Kier molecular flexibility index (Phi) is 7.89. The van der Waals surface area contributed by atoms with E-state index >= 15 is 0 Å². The monoisotopic (exact) mass is 723 g/mol. The van der Waals surface area contributed by atoms with Gasteiger partial charge in [0, 0.05) is 39.2 Å². The van der Waals surface area contributed by atoms with Gasteiger partial charge in [-0.05, 0) is 88.5 Å². The fourth-order valence-electron chi connectivity index (χ4n) is 8.08. The molecule has 0 bridgehead atoms. The number of phenols is 1. The van der Waals surface area contributed by atoms with E-state index in [1.54, 1.807) is 6.07 Å². The number of aromatic hydroxyl groups is 1. The van der Waals surface area contributed by atoms with Crippen LogP contribution in [0.25, 0.3) is 83.6 Å². The second-order valence-electron chi connectivity index (χ2n) is 14.8. The Labute approximate surface area is 324 Å². The van der Waals surface area contributed by atoms with E-state index in [4.69, 9.17) is 14.4 Å². The molecule has 5 nitrogen and oxygen atoms in total. The van der Waals surface area contributed by atoms with E-state index in [2.05, 4.69) is 134 Å². The summed E-state index contributed by atoms with van der Waals surface area (Å²) >= 11 is 0. The normalized spacial score (nSPS) is 11.8. The zero-order valence-electron chi connectivity index (χ0n) is 31.0. The number of para-hydroxylation sites is 4. The number of furan rings is 1. The Hall–Kier alpha value is -7.24. The maximum Gasteiger partial charge on any atom is 0.149 e. The number of benzene rings is 7. The van der Waals surface area contributed by atoms with E-state index in [-0.39, 0.29) is 11.2 Å². The van der Waals surface area contributed by atoms with Crippen molar-refractivity contribution in [3.63, 3.8) is 0 Å². The zero-order chi connectivity index (χ0) is 37.8. The van der Waals surface area contributed by atoms with Gasteiger partial charge in [0.25, 0.3) is 0 Å². The fraction of sp³-hybridized carbons (Fsp3) is 0.0588. The van der Waals surface area contributed by atoms with Crippen LogP contribution in [0, 0.1) is 0 Å². The Bertz CT molecular complexity index is 3050. The van der Waals surface area contributed by atoms with Gasteiger partial charge in [-0.3, -0.25) is 9.55 Å². The van der Waals surface area contributed by atoms with E-state index in [1.807, 2.05) is 60.8 Å². The highest BCUT2D eigenvalue weighted by atomic mass is 16.3. The number of phenolic OH excluding ortho intramolecular Hbond substituents is 1. The molecular weight excluding hydrogens is 687 g/mol. The first-order valence-electron chi connectivity index (χ1n) is 18.9. The summed E-state index contributed by atoms with van der Waals surface area (Å²) in [5.41, 5.74) is 13.3. The van der Waals surface area contributed by atoms with Crippen molar-refractivity contribution in [1.82, 2.24) is 14.5 Å². The van der Waals surface area contributed by atoms with Gasteiger partial charge in [-0.1, -0.05) is 129 Å². The van der Waals surface area contributed by atoms with Crippen LogP contribution in [0.5, 0.6) is 5.75 Å². The molecule has 3 heterocycles. The molecule has 0 amide bonds. The van der Waals surface area contributed by atoms with Crippen LogP contribution >= 0.6 is 0 Å². The summed E-state index contributed by atoms with van der Waals surface area (Å²) in [5, 5.41) is 13.1. The molecule has 0 saturated heterocycles. The van der Waals surface area contributed by atoms with Crippen LogP contribution in [-0.2, 0) is 5.41 Å². The minimum absolute atomic E-state index is 0.121. The molecule has 0 unspecified atom stereocenters. The van der Waals surface area contributed by atoms with Crippen molar-refractivity contribution in [2.24, 2.45) is 0 Å². The van der Waals surface area contributed by atoms with E-state index in [9.17, 15) is 5.11 Å². The number of imidazole rings is 1. The number of aromatic nitrogens is 3. The number of rotatable bonds is 7. The minimum atomic E-state index is -0.121. The molecule has 0 aliphatic heterocycles. The third kappa shape index (κ3) is 5.56. The average Bonchev–Trinajstić information content (AvgIpc) is 3.83. The minimum Gasteiger partial charge on any atom is -0.507 e. The summed E-state index contributed by atoms with van der Waals surface area (Å²) in [6.07, 6.45) is 1.88. The third-order valence-corrected chi connectivity index (χ3v) is 11.1. The highest BCUT2D eigenvalue weighted by molar-refractivity contribution is 6.16. The van der Waals surface area contributed by atoms with Gasteiger partial charge < -0.3 is 9.52 Å². The quantitative estimate of drug-likeness (QED) is 0.178. The van der Waals surface area contributed by atoms with Gasteiger partial charge in [0.15, 0.2) is 0 Å². The van der Waals surface area contributed by atoms with Gasteiger partial charge >= 0.3 is 0 Å². The van der Waals surface area contributed by atoms with Gasteiger partial charge in [0.1, 0.15) is 22.7 Å². The molecule has 10 aromatic rings. The number of hydrogen-bond donors (Lipinski definition) is 1. The largest absolute Gasteiger partial charge is 0.507 e. The maximum atomic E-state index is 11.1. The second kappa shape index (κ2) is 13.3. The summed E-state index contributed by atoms with van der Waals surface area (Å²) < 4.78 is 8.71. The van der Waals surface area contributed by atoms with Crippen molar-refractivity contribution in [3.05, 3.63) is 193 Å². The lowest BCUT2D eigenvalue weighted by molar-refractivity contribution is 0.477. The standard InChI is InChI=1S/C51H37N3O2/c1-51(2,36-14-5-3-6-15-36)37-26-24-33(25-27-37)34-28-29-52-43(31-34)35-30-42(48-41-19-10-12-23-46(41)56-47(48)32-35)39-20-13-21-44-49(39)53-50(40-18-9-11-22-45(40)55)54(44)38-16-7-4-8-17-38/h3-32,55H,1-2H3. The summed E-state index contributed by atoms with van der Waals surface area (Å²) in [6, 6.07) is 60.1. The van der Waals surface area contributed by atoms with E-state index in [1.165, 1.54) is 11.1 Å². The predicted octanol–water partition coefficient (Wildman–Crippen LogP) is 13.0. The van der Waals surface area contributed by atoms with Gasteiger partial charge in [-0.2, -0.15) is 0 Å². The molecule has 3 aromatic heterocycles. The summed E-state index contributed by atoms with van der Waals surface area (Å²) in [6.45, 7) is 4.54. The summed E-state index contributed by atoms with van der Waals surface area (Å²) in [4.78, 5) is 10.2. The molecule has 0 aliphatic rings. The third-order valence-electron chi connectivity index (χ3n) is 11.1. The van der Waals surface area contributed by atoms with Crippen LogP contribution in [0.4, 0.5) is 0 Å². The zero-order valence-corrected chi connectivity index (χ0v) is 31.0. The summed E-state index contributed by atoms with van der Waals surface area (Å²) in [7, 11) is 0. The van der Waals surface area contributed by atoms with Crippen molar-refractivity contribution in [1.29, 1.82) is 0 Å². The van der Waals surface area contributed by atoms with Crippen LogP contribution in [0.3, 0.4) is 0 Å². The molecule has 0 radical (unpaired) electrons. The molecule has 56 heavy (non-hydrogen) atoms. The SMILES string of the molecule is CC(C)(c1ccccc1)c1ccc(-c2ccnc(-c3cc(-c4cccc5c4nc(-c4ccccc4O)n5-c4ccccc4)c4c(c3)oc3ccccc34)c2)cc1. The van der Waals surface area contributed by atoms with Crippen molar-refractivity contribution < 1.29 is 9.52 Å². The molecule has 0 spiro atoms. The average molecular weight is 724 g/mol. The molecule has 0 aliphatic carbocycles. The van der Waals surface area contributed by atoms with E-state index in [0.717, 1.165) is 72.2 Å². The lowest BCUT2D eigenvalue weighted by Gasteiger charge is -2.26. The number of hydrogen-bond acceptors (Lipinski definition) is 4. The Morgan fingerprint density at radius 3 is 2.05 bits per heavy atom. The molecule has 1 N–H and O–H groups in total. The Morgan fingerprint density at radius 2 is 1.25 bits per heavy atom. The molecular formula is C51H37N3O2. The van der Waals surface area contributed by atoms with Crippen LogP contribution in [0.15, 0.2) is 187 Å². The molecule has 7 aromatic carbocycles. The van der Waals surface area contributed by atoms with Crippen LogP contribution in [-0.4, -0.2) is 19.6 Å². The number of pyridine rings is 1. The van der Waals surface area contributed by atoms with Gasteiger partial charge in [-0.25, -0.2) is 4.98 Å². The van der Waals surface area contributed by atoms with E-state index < -0.39 is 0 Å². The van der Waals surface area contributed by atoms with E-state index in [0.29, 0.717) is 11.4 Å². The maximum absolute atomic E-state index is 11.1. The first-order valence-corrected chi connectivity index (χ1v) is 18.9. The number of fused-ring (bicyclic) bond motifs is 4. The van der Waals surface area contributed by atoms with Crippen molar-refractivity contribution in [2.45, 2.75) is 19.3 Å². The van der Waals surface area contributed by atoms with Crippen molar-refractivity contribution >= 4 is 33.0 Å². The number of nitrogens with zero attached hydrogens (tertiary/aromatic N) is 3. The Morgan fingerprint density at radius 1 is 0.554 bits per heavy atom. The van der Waals surface area contributed by atoms with Crippen molar-refractivity contribution in [3.8, 4) is 56.3 Å². The first-order chi connectivity index (χ1) is 27.4. The van der Waals surface area contributed by atoms with Gasteiger partial charge in [-0.15, -0.1) is 0 Å².